The molecule has 6 nitrogen and oxygen atoms in total. The largest absolute Gasteiger partial charge is 0.497 e. The van der Waals surface area contributed by atoms with Crippen LogP contribution in [0.25, 0.3) is 0 Å². The summed E-state index contributed by atoms with van der Waals surface area (Å²) in [5, 5.41) is 5.13. The van der Waals surface area contributed by atoms with Crippen molar-refractivity contribution < 1.29 is 9.53 Å². The average Bonchev–Trinajstić information content (AvgIpc) is 3.12. The van der Waals surface area contributed by atoms with Crippen molar-refractivity contribution in [1.82, 2.24) is 16.3 Å². The van der Waals surface area contributed by atoms with Crippen molar-refractivity contribution in [3.05, 3.63) is 63.6 Å². The second-order valence-corrected chi connectivity index (χ2v) is 6.65. The van der Waals surface area contributed by atoms with Crippen molar-refractivity contribution in [3.8, 4) is 5.75 Å². The number of amides is 1. The topological polar surface area (TPSA) is 74.8 Å². The highest BCUT2D eigenvalue weighted by Crippen LogP contribution is 2.30. The predicted molar refractivity (Wildman–Crippen MR) is 103 cm³/mol. The standard InChI is InChI=1S/C18H18Cl2N4O2/c1-26-13-5-2-11(3-6-13)10-21-24-18(25)17-9-16(22-23-17)14-7-4-12(19)8-15(14)20/h2-8,10,16-17,22-23H,9H2,1H3,(H,24,25)/b21-10+. The number of hydrogen-bond acceptors (Lipinski definition) is 5. The summed E-state index contributed by atoms with van der Waals surface area (Å²) in [6.45, 7) is 0. The van der Waals surface area contributed by atoms with Gasteiger partial charge in [-0.05, 0) is 53.9 Å². The van der Waals surface area contributed by atoms with Crippen LogP contribution < -0.4 is 21.0 Å². The number of hydrazone groups is 1. The highest BCUT2D eigenvalue weighted by atomic mass is 35.5. The van der Waals surface area contributed by atoms with Crippen LogP contribution in [0.15, 0.2) is 47.6 Å². The minimum Gasteiger partial charge on any atom is -0.497 e. The van der Waals surface area contributed by atoms with E-state index in [4.69, 9.17) is 27.9 Å². The zero-order valence-electron chi connectivity index (χ0n) is 14.0. The smallest absolute Gasteiger partial charge is 0.258 e. The SMILES string of the molecule is COc1ccc(/C=N/NC(=O)C2CC(c3ccc(Cl)cc3Cl)NN2)cc1. The molecule has 2 aromatic carbocycles. The van der Waals surface area contributed by atoms with Gasteiger partial charge in [0.1, 0.15) is 11.8 Å². The fraction of sp³-hybridized carbons (Fsp3) is 0.222. The summed E-state index contributed by atoms with van der Waals surface area (Å²) in [6.07, 6.45) is 2.12. The van der Waals surface area contributed by atoms with Crippen LogP contribution in [-0.4, -0.2) is 25.3 Å². The molecule has 1 amide bonds. The maximum Gasteiger partial charge on any atom is 0.258 e. The Kier molecular flexibility index (Phi) is 6.11. The molecule has 2 aromatic rings. The number of nitrogens with one attached hydrogen (secondary N) is 3. The Morgan fingerprint density at radius 3 is 2.69 bits per heavy atom. The lowest BCUT2D eigenvalue weighted by molar-refractivity contribution is -0.122. The summed E-state index contributed by atoms with van der Waals surface area (Å²) in [7, 11) is 1.61. The maximum absolute atomic E-state index is 12.3. The van der Waals surface area contributed by atoms with E-state index in [0.717, 1.165) is 16.9 Å². The summed E-state index contributed by atoms with van der Waals surface area (Å²) >= 11 is 12.1. The van der Waals surface area contributed by atoms with Crippen molar-refractivity contribution in [3.63, 3.8) is 0 Å². The van der Waals surface area contributed by atoms with Crippen LogP contribution >= 0.6 is 23.2 Å². The Morgan fingerprint density at radius 1 is 1.23 bits per heavy atom. The predicted octanol–water partition coefficient (Wildman–Crippen LogP) is 3.06. The van der Waals surface area contributed by atoms with Crippen LogP contribution in [0.3, 0.4) is 0 Å². The number of hydrazine groups is 1. The Hall–Kier alpha value is -2.12. The van der Waals surface area contributed by atoms with Gasteiger partial charge in [0.2, 0.25) is 0 Å². The maximum atomic E-state index is 12.3. The fourth-order valence-electron chi connectivity index (χ4n) is 2.65. The highest BCUT2D eigenvalue weighted by molar-refractivity contribution is 6.35. The van der Waals surface area contributed by atoms with Gasteiger partial charge in [-0.2, -0.15) is 5.10 Å². The van der Waals surface area contributed by atoms with Crippen LogP contribution in [0.4, 0.5) is 0 Å². The van der Waals surface area contributed by atoms with E-state index in [1.54, 1.807) is 25.5 Å². The van der Waals surface area contributed by atoms with Crippen LogP contribution in [0, 0.1) is 0 Å². The lowest BCUT2D eigenvalue weighted by Crippen LogP contribution is -2.41. The second kappa shape index (κ2) is 8.51. The van der Waals surface area contributed by atoms with Gasteiger partial charge in [0.15, 0.2) is 0 Å². The van der Waals surface area contributed by atoms with E-state index in [-0.39, 0.29) is 11.9 Å². The molecule has 1 fully saturated rings. The molecule has 2 atom stereocenters. The van der Waals surface area contributed by atoms with E-state index in [2.05, 4.69) is 21.4 Å². The van der Waals surface area contributed by atoms with Crippen LogP contribution in [-0.2, 0) is 4.79 Å². The van der Waals surface area contributed by atoms with Gasteiger partial charge < -0.3 is 4.74 Å². The van der Waals surface area contributed by atoms with E-state index in [1.165, 1.54) is 0 Å². The first-order valence-electron chi connectivity index (χ1n) is 8.00. The third kappa shape index (κ3) is 4.53. The van der Waals surface area contributed by atoms with Crippen molar-refractivity contribution in [2.45, 2.75) is 18.5 Å². The summed E-state index contributed by atoms with van der Waals surface area (Å²) in [6, 6.07) is 12.2. The third-order valence-electron chi connectivity index (χ3n) is 4.06. The van der Waals surface area contributed by atoms with Gasteiger partial charge in [0.05, 0.1) is 13.3 Å². The molecule has 0 saturated carbocycles. The number of benzene rings is 2. The molecular formula is C18H18Cl2N4O2. The van der Waals surface area contributed by atoms with Crippen LogP contribution in [0.2, 0.25) is 10.0 Å². The molecule has 0 aliphatic carbocycles. The zero-order chi connectivity index (χ0) is 18.5. The fourth-order valence-corrected chi connectivity index (χ4v) is 3.19. The molecule has 136 valence electrons. The van der Waals surface area contributed by atoms with Crippen LogP contribution in [0.1, 0.15) is 23.6 Å². The molecule has 0 bridgehead atoms. The summed E-state index contributed by atoms with van der Waals surface area (Å²) < 4.78 is 5.09. The Morgan fingerprint density at radius 2 is 2.00 bits per heavy atom. The highest BCUT2D eigenvalue weighted by Gasteiger charge is 2.31. The number of ether oxygens (including phenoxy) is 1. The number of rotatable bonds is 5. The molecule has 3 rings (SSSR count). The molecule has 2 unspecified atom stereocenters. The number of hydrogen-bond donors (Lipinski definition) is 3. The number of methoxy groups -OCH3 is 1. The summed E-state index contributed by atoms with van der Waals surface area (Å²) in [5.41, 5.74) is 10.3. The molecular weight excluding hydrogens is 375 g/mol. The molecule has 1 aliphatic rings. The molecule has 1 aliphatic heterocycles. The molecule has 0 spiro atoms. The third-order valence-corrected chi connectivity index (χ3v) is 4.62. The quantitative estimate of drug-likeness (QED) is 0.539. The normalized spacial score (nSPS) is 19.7. The van der Waals surface area contributed by atoms with Crippen molar-refractivity contribution >= 4 is 35.3 Å². The zero-order valence-corrected chi connectivity index (χ0v) is 15.5. The number of nitrogens with zero attached hydrogens (tertiary/aromatic N) is 1. The lowest BCUT2D eigenvalue weighted by Gasteiger charge is -2.11. The van der Waals surface area contributed by atoms with Crippen molar-refractivity contribution in [1.29, 1.82) is 0 Å². The van der Waals surface area contributed by atoms with Gasteiger partial charge in [-0.1, -0.05) is 29.3 Å². The molecule has 0 radical (unpaired) electrons. The number of halogens is 2. The first kappa shape index (κ1) is 18.7. The lowest BCUT2D eigenvalue weighted by atomic mass is 10.0. The van der Waals surface area contributed by atoms with Gasteiger partial charge in [-0.25, -0.2) is 16.3 Å². The van der Waals surface area contributed by atoms with Gasteiger partial charge in [-0.3, -0.25) is 4.79 Å². The van der Waals surface area contributed by atoms with Gasteiger partial charge in [-0.15, -0.1) is 0 Å². The van der Waals surface area contributed by atoms with Gasteiger partial charge >= 0.3 is 0 Å². The minimum atomic E-state index is -0.417. The van der Waals surface area contributed by atoms with Crippen molar-refractivity contribution in [2.24, 2.45) is 5.10 Å². The molecule has 1 heterocycles. The Balaban J connectivity index is 1.54. The van der Waals surface area contributed by atoms with Gasteiger partial charge in [0, 0.05) is 16.1 Å². The Bertz CT molecular complexity index is 811. The van der Waals surface area contributed by atoms with E-state index >= 15 is 0 Å². The molecule has 26 heavy (non-hydrogen) atoms. The van der Waals surface area contributed by atoms with E-state index in [0.29, 0.717) is 16.5 Å². The second-order valence-electron chi connectivity index (χ2n) is 5.80. The van der Waals surface area contributed by atoms with E-state index < -0.39 is 6.04 Å². The van der Waals surface area contributed by atoms with Gasteiger partial charge in [0.25, 0.3) is 5.91 Å². The molecule has 8 heteroatoms. The first-order valence-corrected chi connectivity index (χ1v) is 8.75. The monoisotopic (exact) mass is 392 g/mol. The summed E-state index contributed by atoms with van der Waals surface area (Å²) in [4.78, 5) is 12.3. The molecule has 1 saturated heterocycles. The first-order chi connectivity index (χ1) is 12.6. The average molecular weight is 393 g/mol. The van der Waals surface area contributed by atoms with Crippen LogP contribution in [0.5, 0.6) is 5.75 Å². The van der Waals surface area contributed by atoms with Crippen molar-refractivity contribution in [2.75, 3.05) is 7.11 Å². The van der Waals surface area contributed by atoms with E-state index in [9.17, 15) is 4.79 Å². The number of carbonyl (C=O) groups excluding carboxylic acids is 1. The minimum absolute atomic E-state index is 0.0823. The van der Waals surface area contributed by atoms with E-state index in [1.807, 2.05) is 30.3 Å². The molecule has 0 aromatic heterocycles. The number of carbonyl (C=O) groups is 1. The Labute approximate surface area is 161 Å². The molecule has 3 N–H and O–H groups in total. The summed E-state index contributed by atoms with van der Waals surface area (Å²) in [5.74, 6) is 0.536.